The lowest BCUT2D eigenvalue weighted by atomic mass is 9.94. The molecule has 0 atom stereocenters. The van der Waals surface area contributed by atoms with Crippen LogP contribution in [0, 0.1) is 5.92 Å². The van der Waals surface area contributed by atoms with Gasteiger partial charge < -0.3 is 24.7 Å². The van der Waals surface area contributed by atoms with Gasteiger partial charge in [-0.2, -0.15) is 0 Å². The van der Waals surface area contributed by atoms with E-state index in [1.807, 2.05) is 12.1 Å². The maximum atomic E-state index is 12.8. The van der Waals surface area contributed by atoms with Gasteiger partial charge in [0, 0.05) is 38.6 Å². The number of ether oxygens (including phenoxy) is 1. The molecule has 9 heteroatoms. The van der Waals surface area contributed by atoms with Gasteiger partial charge in [0.25, 0.3) is 0 Å². The van der Waals surface area contributed by atoms with E-state index in [-0.39, 0.29) is 5.92 Å². The Labute approximate surface area is 183 Å². The monoisotopic (exact) mass is 435 g/mol. The van der Waals surface area contributed by atoms with E-state index < -0.39 is 11.9 Å². The molecule has 2 heterocycles. The van der Waals surface area contributed by atoms with Crippen LogP contribution in [0.4, 0.5) is 0 Å². The summed E-state index contributed by atoms with van der Waals surface area (Å²) in [6, 6.07) is 8.27. The second-order valence-electron chi connectivity index (χ2n) is 7.77. The zero-order valence-corrected chi connectivity index (χ0v) is 18.3. The topological polar surface area (TPSA) is 111 Å². The molecule has 3 rings (SSSR count). The van der Waals surface area contributed by atoms with Crippen LogP contribution in [0.3, 0.4) is 0 Å². The number of carbonyl (C=O) groups is 3. The summed E-state index contributed by atoms with van der Waals surface area (Å²) in [5.41, 5.74) is 1.28. The summed E-state index contributed by atoms with van der Waals surface area (Å²) in [5, 5.41) is 14.8. The molecular formula is C22H33N3O6. The Bertz CT molecular complexity index is 729. The lowest BCUT2D eigenvalue weighted by Gasteiger charge is -2.38. The summed E-state index contributed by atoms with van der Waals surface area (Å²) in [6.07, 6.45) is 1.97. The van der Waals surface area contributed by atoms with Crippen LogP contribution in [0.2, 0.25) is 0 Å². The second kappa shape index (κ2) is 12.3. The van der Waals surface area contributed by atoms with Gasteiger partial charge in [-0.1, -0.05) is 19.1 Å². The fourth-order valence-corrected chi connectivity index (χ4v) is 3.91. The Balaban J connectivity index is 0.000000501. The number of nitrogens with zero attached hydrogens (tertiary/aromatic N) is 3. The molecule has 1 amide bonds. The first-order chi connectivity index (χ1) is 14.8. The summed E-state index contributed by atoms with van der Waals surface area (Å²) in [7, 11) is 1.70. The lowest BCUT2D eigenvalue weighted by Crippen LogP contribution is -2.51. The van der Waals surface area contributed by atoms with Crippen molar-refractivity contribution in [3.63, 3.8) is 0 Å². The molecule has 2 N–H and O–H groups in total. The largest absolute Gasteiger partial charge is 0.497 e. The molecule has 0 radical (unpaired) electrons. The summed E-state index contributed by atoms with van der Waals surface area (Å²) in [5.74, 6) is -2.13. The normalized spacial score (nSPS) is 18.1. The Kier molecular flexibility index (Phi) is 9.74. The molecule has 0 spiro atoms. The number of likely N-dealkylation sites (tertiary alicyclic amines) is 1. The molecule has 0 bridgehead atoms. The summed E-state index contributed by atoms with van der Waals surface area (Å²) in [4.78, 5) is 37.9. The molecule has 31 heavy (non-hydrogen) atoms. The predicted octanol–water partition coefficient (Wildman–Crippen LogP) is 1.23. The van der Waals surface area contributed by atoms with E-state index in [1.165, 1.54) is 5.56 Å². The van der Waals surface area contributed by atoms with Crippen LogP contribution in [0.1, 0.15) is 25.3 Å². The van der Waals surface area contributed by atoms with Gasteiger partial charge in [0.05, 0.1) is 7.11 Å². The minimum atomic E-state index is -1.82. The highest BCUT2D eigenvalue weighted by Crippen LogP contribution is 2.23. The van der Waals surface area contributed by atoms with Gasteiger partial charge in [-0.05, 0) is 50.2 Å². The van der Waals surface area contributed by atoms with Crippen LogP contribution in [-0.2, 0) is 20.9 Å². The first-order valence-corrected chi connectivity index (χ1v) is 10.7. The highest BCUT2D eigenvalue weighted by molar-refractivity contribution is 6.27. The van der Waals surface area contributed by atoms with Gasteiger partial charge in [0.15, 0.2) is 0 Å². The quantitative estimate of drug-likeness (QED) is 0.665. The zero-order valence-electron chi connectivity index (χ0n) is 18.3. The lowest BCUT2D eigenvalue weighted by molar-refractivity contribution is -0.159. The Morgan fingerprint density at radius 2 is 1.58 bits per heavy atom. The van der Waals surface area contributed by atoms with Gasteiger partial charge >= 0.3 is 11.9 Å². The van der Waals surface area contributed by atoms with Crippen LogP contribution >= 0.6 is 0 Å². The molecule has 0 unspecified atom stereocenters. The van der Waals surface area contributed by atoms with Crippen molar-refractivity contribution < 1.29 is 29.3 Å². The van der Waals surface area contributed by atoms with E-state index in [4.69, 9.17) is 24.5 Å². The SMILES string of the molecule is CCN1CCN(C(=O)C2CCN(Cc3cccc(OC)c3)CC2)CC1.O=C(O)C(=O)O. The van der Waals surface area contributed by atoms with Crippen molar-refractivity contribution in [2.45, 2.75) is 26.3 Å². The van der Waals surface area contributed by atoms with Crippen molar-refractivity contribution in [1.29, 1.82) is 0 Å². The predicted molar refractivity (Wildman–Crippen MR) is 115 cm³/mol. The number of methoxy groups -OCH3 is 1. The zero-order chi connectivity index (χ0) is 22.8. The molecule has 1 aromatic carbocycles. The molecule has 2 fully saturated rings. The number of likely N-dealkylation sites (N-methyl/N-ethyl adjacent to an activating group) is 1. The first-order valence-electron chi connectivity index (χ1n) is 10.7. The van der Waals surface area contributed by atoms with E-state index in [9.17, 15) is 4.79 Å². The number of benzene rings is 1. The van der Waals surface area contributed by atoms with Gasteiger partial charge in [0.1, 0.15) is 5.75 Å². The van der Waals surface area contributed by atoms with Crippen molar-refractivity contribution in [3.8, 4) is 5.75 Å². The highest BCUT2D eigenvalue weighted by Gasteiger charge is 2.30. The Morgan fingerprint density at radius 3 is 2.10 bits per heavy atom. The summed E-state index contributed by atoms with van der Waals surface area (Å²) >= 11 is 0. The van der Waals surface area contributed by atoms with Crippen molar-refractivity contribution >= 4 is 17.8 Å². The smallest absolute Gasteiger partial charge is 0.414 e. The number of piperazine rings is 1. The summed E-state index contributed by atoms with van der Waals surface area (Å²) in [6.45, 7) is 10.1. The first kappa shape index (κ1) is 24.6. The maximum absolute atomic E-state index is 12.8. The van der Waals surface area contributed by atoms with Gasteiger partial charge in [-0.3, -0.25) is 9.69 Å². The van der Waals surface area contributed by atoms with E-state index >= 15 is 0 Å². The fourth-order valence-electron chi connectivity index (χ4n) is 3.91. The minimum absolute atomic E-state index is 0.217. The van der Waals surface area contributed by atoms with Crippen LogP contribution in [0.5, 0.6) is 5.75 Å². The highest BCUT2D eigenvalue weighted by atomic mass is 16.5. The van der Waals surface area contributed by atoms with Crippen LogP contribution in [0.25, 0.3) is 0 Å². The Morgan fingerprint density at radius 1 is 0.968 bits per heavy atom. The van der Waals surface area contributed by atoms with Crippen LogP contribution in [0.15, 0.2) is 24.3 Å². The minimum Gasteiger partial charge on any atom is -0.497 e. The molecule has 0 aliphatic carbocycles. The molecule has 0 aromatic heterocycles. The number of hydrogen-bond donors (Lipinski definition) is 2. The molecule has 2 saturated heterocycles. The average molecular weight is 436 g/mol. The molecule has 0 saturated carbocycles. The number of aliphatic carboxylic acids is 2. The number of carboxylic acids is 2. The van der Waals surface area contributed by atoms with E-state index in [0.29, 0.717) is 5.91 Å². The van der Waals surface area contributed by atoms with Crippen molar-refractivity contribution in [2.24, 2.45) is 5.92 Å². The molecule has 2 aliphatic rings. The molecular weight excluding hydrogens is 402 g/mol. The number of carboxylic acid groups (broad SMARTS) is 2. The van der Waals surface area contributed by atoms with Gasteiger partial charge in [0.2, 0.25) is 5.91 Å². The van der Waals surface area contributed by atoms with E-state index in [2.05, 4.69) is 33.8 Å². The third-order valence-corrected chi connectivity index (χ3v) is 5.79. The average Bonchev–Trinajstić information content (AvgIpc) is 2.79. The Hall–Kier alpha value is -2.65. The molecule has 172 valence electrons. The number of hydrogen-bond acceptors (Lipinski definition) is 6. The van der Waals surface area contributed by atoms with Crippen molar-refractivity contribution in [2.75, 3.05) is 52.9 Å². The van der Waals surface area contributed by atoms with Crippen LogP contribution < -0.4 is 4.74 Å². The number of rotatable bonds is 5. The number of carbonyl (C=O) groups excluding carboxylic acids is 1. The molecule has 1 aromatic rings. The summed E-state index contributed by atoms with van der Waals surface area (Å²) < 4.78 is 5.30. The van der Waals surface area contributed by atoms with Crippen LogP contribution in [-0.4, -0.2) is 95.7 Å². The van der Waals surface area contributed by atoms with Crippen molar-refractivity contribution in [3.05, 3.63) is 29.8 Å². The van der Waals surface area contributed by atoms with E-state index in [0.717, 1.165) is 70.9 Å². The number of amides is 1. The van der Waals surface area contributed by atoms with Crippen molar-refractivity contribution in [1.82, 2.24) is 14.7 Å². The standard InChI is InChI=1S/C20H31N3O2.C2H2O4/c1-3-21-11-13-23(14-12-21)20(24)18-7-9-22(10-8-18)16-17-5-4-6-19(15-17)25-2;3-1(4)2(5)6/h4-6,15,18H,3,7-14,16H2,1-2H3;(H,3,4)(H,5,6). The maximum Gasteiger partial charge on any atom is 0.414 e. The fraction of sp³-hybridized carbons (Fsp3) is 0.591. The molecule has 9 nitrogen and oxygen atoms in total. The van der Waals surface area contributed by atoms with Gasteiger partial charge in [-0.25, -0.2) is 9.59 Å². The van der Waals surface area contributed by atoms with Gasteiger partial charge in [-0.15, -0.1) is 0 Å². The molecule has 2 aliphatic heterocycles. The van der Waals surface area contributed by atoms with E-state index in [1.54, 1.807) is 7.11 Å². The third-order valence-electron chi connectivity index (χ3n) is 5.79. The second-order valence-corrected chi connectivity index (χ2v) is 7.77. The number of piperidine rings is 1. The third kappa shape index (κ3) is 7.84.